The van der Waals surface area contributed by atoms with E-state index in [1.165, 1.54) is 12.1 Å². The summed E-state index contributed by atoms with van der Waals surface area (Å²) in [6.45, 7) is 4.65. The van der Waals surface area contributed by atoms with Gasteiger partial charge in [-0.3, -0.25) is 0 Å². The maximum atomic E-state index is 12.9. The van der Waals surface area contributed by atoms with Crippen LogP contribution < -0.4 is 5.32 Å². The average molecular weight is 294 g/mol. The normalized spacial score (nSPS) is 20.9. The summed E-state index contributed by atoms with van der Waals surface area (Å²) in [5, 5.41) is 2.97. The Hall–Kier alpha value is -1.62. The van der Waals surface area contributed by atoms with E-state index in [4.69, 9.17) is 4.74 Å². The number of ether oxygens (including phenoxy) is 1. The number of benzene rings is 1. The van der Waals surface area contributed by atoms with E-state index < -0.39 is 0 Å². The van der Waals surface area contributed by atoms with Crippen molar-refractivity contribution in [3.05, 3.63) is 35.6 Å². The largest absolute Gasteiger partial charge is 0.376 e. The number of hydrogen-bond donors (Lipinski definition) is 1. The molecule has 0 saturated carbocycles. The summed E-state index contributed by atoms with van der Waals surface area (Å²) >= 11 is 0. The molecule has 0 unspecified atom stereocenters. The molecule has 0 bridgehead atoms. The van der Waals surface area contributed by atoms with Crippen LogP contribution in [0.4, 0.5) is 9.18 Å². The first-order chi connectivity index (χ1) is 9.99. The molecule has 4 nitrogen and oxygen atoms in total. The quantitative estimate of drug-likeness (QED) is 0.927. The van der Waals surface area contributed by atoms with Crippen molar-refractivity contribution >= 4 is 6.03 Å². The Morgan fingerprint density at radius 1 is 1.38 bits per heavy atom. The van der Waals surface area contributed by atoms with Crippen LogP contribution in [0, 0.1) is 5.82 Å². The van der Waals surface area contributed by atoms with Crippen LogP contribution in [0.15, 0.2) is 24.3 Å². The van der Waals surface area contributed by atoms with E-state index >= 15 is 0 Å². The maximum absolute atomic E-state index is 12.9. The number of rotatable bonds is 4. The molecule has 0 spiro atoms. The first kappa shape index (κ1) is 15.8. The van der Waals surface area contributed by atoms with Crippen LogP contribution in [-0.4, -0.2) is 36.7 Å². The molecular weight excluding hydrogens is 271 g/mol. The first-order valence-corrected chi connectivity index (χ1v) is 7.39. The molecule has 1 N–H and O–H groups in total. The molecule has 5 heteroatoms. The zero-order chi connectivity index (χ0) is 15.4. The Morgan fingerprint density at radius 2 is 2.05 bits per heavy atom. The molecule has 0 aromatic heterocycles. The predicted octanol–water partition coefficient (Wildman–Crippen LogP) is 3.10. The Morgan fingerprint density at radius 3 is 2.62 bits per heavy atom. The highest BCUT2D eigenvalue weighted by molar-refractivity contribution is 5.74. The molecule has 1 aliphatic rings. The number of carbonyl (C=O) groups is 1. The lowest BCUT2D eigenvalue weighted by molar-refractivity contribution is 0.0830. The number of halogens is 1. The van der Waals surface area contributed by atoms with Crippen molar-refractivity contribution in [1.82, 2.24) is 10.2 Å². The van der Waals surface area contributed by atoms with Gasteiger partial charge in [-0.25, -0.2) is 9.18 Å². The minimum absolute atomic E-state index is 0.0112. The van der Waals surface area contributed by atoms with Crippen LogP contribution in [0.3, 0.4) is 0 Å². The van der Waals surface area contributed by atoms with Gasteiger partial charge in [0.2, 0.25) is 0 Å². The van der Waals surface area contributed by atoms with Crippen LogP contribution in [-0.2, 0) is 4.74 Å². The van der Waals surface area contributed by atoms with Gasteiger partial charge < -0.3 is 15.0 Å². The van der Waals surface area contributed by atoms with E-state index in [1.54, 1.807) is 24.1 Å². The van der Waals surface area contributed by atoms with Crippen LogP contribution in [0.5, 0.6) is 0 Å². The van der Waals surface area contributed by atoms with Gasteiger partial charge in [0.1, 0.15) is 5.82 Å². The van der Waals surface area contributed by atoms with Gasteiger partial charge in [0, 0.05) is 13.7 Å². The first-order valence-electron chi connectivity index (χ1n) is 7.39. The van der Waals surface area contributed by atoms with E-state index in [0.29, 0.717) is 0 Å². The molecule has 1 aromatic rings. The zero-order valence-electron chi connectivity index (χ0n) is 12.8. The molecule has 2 amide bonds. The van der Waals surface area contributed by atoms with E-state index in [0.717, 1.165) is 25.0 Å². The Bertz CT molecular complexity index is 472. The highest BCUT2D eigenvalue weighted by Crippen LogP contribution is 2.20. The number of hydrogen-bond acceptors (Lipinski definition) is 2. The monoisotopic (exact) mass is 294 g/mol. The number of carbonyl (C=O) groups excluding carboxylic acids is 1. The van der Waals surface area contributed by atoms with Gasteiger partial charge in [0.05, 0.1) is 18.2 Å². The van der Waals surface area contributed by atoms with E-state index in [9.17, 15) is 9.18 Å². The third-order valence-electron chi connectivity index (χ3n) is 4.13. The Kier molecular flexibility index (Phi) is 5.17. The topological polar surface area (TPSA) is 41.6 Å². The minimum Gasteiger partial charge on any atom is -0.376 e. The molecule has 3 atom stereocenters. The Balaban J connectivity index is 1.93. The molecule has 0 radical (unpaired) electrons. The van der Waals surface area contributed by atoms with Gasteiger partial charge in [-0.05, 0) is 44.4 Å². The van der Waals surface area contributed by atoms with E-state index in [-0.39, 0.29) is 30.0 Å². The fourth-order valence-electron chi connectivity index (χ4n) is 2.53. The van der Waals surface area contributed by atoms with Crippen molar-refractivity contribution < 1.29 is 13.9 Å². The second kappa shape index (κ2) is 6.89. The summed E-state index contributed by atoms with van der Waals surface area (Å²) in [6, 6.07) is 5.94. The number of urea groups is 1. The Labute approximate surface area is 125 Å². The molecule has 1 fully saturated rings. The van der Waals surface area contributed by atoms with Crippen LogP contribution in [0.25, 0.3) is 0 Å². The second-order valence-electron chi connectivity index (χ2n) is 5.63. The lowest BCUT2D eigenvalue weighted by atomic mass is 10.1. The molecule has 1 aliphatic heterocycles. The second-order valence-corrected chi connectivity index (χ2v) is 5.63. The van der Waals surface area contributed by atoms with Crippen molar-refractivity contribution in [2.24, 2.45) is 0 Å². The fourth-order valence-corrected chi connectivity index (χ4v) is 2.53. The summed E-state index contributed by atoms with van der Waals surface area (Å²) in [6.07, 6.45) is 2.13. The van der Waals surface area contributed by atoms with Crippen molar-refractivity contribution in [2.75, 3.05) is 13.7 Å². The van der Waals surface area contributed by atoms with Crippen LogP contribution in [0.2, 0.25) is 0 Å². The van der Waals surface area contributed by atoms with E-state index in [2.05, 4.69) is 5.32 Å². The van der Waals surface area contributed by atoms with Crippen molar-refractivity contribution in [2.45, 2.75) is 44.9 Å². The number of nitrogens with zero attached hydrogens (tertiary/aromatic N) is 1. The van der Waals surface area contributed by atoms with Crippen molar-refractivity contribution in [3.8, 4) is 0 Å². The van der Waals surface area contributed by atoms with Gasteiger partial charge in [-0.1, -0.05) is 12.1 Å². The smallest absolute Gasteiger partial charge is 0.317 e. The molecule has 1 heterocycles. The summed E-state index contributed by atoms with van der Waals surface area (Å²) in [4.78, 5) is 13.9. The van der Waals surface area contributed by atoms with Gasteiger partial charge in [-0.15, -0.1) is 0 Å². The van der Waals surface area contributed by atoms with Crippen LogP contribution >= 0.6 is 0 Å². The predicted molar refractivity (Wildman–Crippen MR) is 79.5 cm³/mol. The van der Waals surface area contributed by atoms with Crippen LogP contribution in [0.1, 0.15) is 38.3 Å². The molecule has 1 aromatic carbocycles. The zero-order valence-corrected chi connectivity index (χ0v) is 12.8. The standard InChI is InChI=1S/C16H23FN2O2/c1-11(15-5-4-10-21-15)18-16(20)19(3)12(2)13-6-8-14(17)9-7-13/h6-9,11-12,15H,4-5,10H2,1-3H3,(H,18,20)/t11-,12+,15-/m0/s1. The highest BCUT2D eigenvalue weighted by atomic mass is 19.1. The van der Waals surface area contributed by atoms with Gasteiger partial charge in [0.25, 0.3) is 0 Å². The van der Waals surface area contributed by atoms with Crippen molar-refractivity contribution in [1.29, 1.82) is 0 Å². The maximum Gasteiger partial charge on any atom is 0.317 e. The minimum atomic E-state index is -0.273. The SMILES string of the molecule is C[C@H](NC(=O)N(C)[C@H](C)c1ccc(F)cc1)[C@@H]1CCCO1. The van der Waals surface area contributed by atoms with Crippen molar-refractivity contribution in [3.63, 3.8) is 0 Å². The summed E-state index contributed by atoms with van der Waals surface area (Å²) in [5.41, 5.74) is 0.902. The third kappa shape index (κ3) is 3.94. The third-order valence-corrected chi connectivity index (χ3v) is 4.13. The molecule has 2 rings (SSSR count). The van der Waals surface area contributed by atoms with Gasteiger partial charge >= 0.3 is 6.03 Å². The average Bonchev–Trinajstić information content (AvgIpc) is 3.00. The number of amides is 2. The summed E-state index contributed by atoms with van der Waals surface area (Å²) < 4.78 is 18.5. The lowest BCUT2D eigenvalue weighted by Crippen LogP contribution is -2.47. The molecule has 21 heavy (non-hydrogen) atoms. The fraction of sp³-hybridized carbons (Fsp3) is 0.562. The molecule has 0 aliphatic carbocycles. The molecule has 116 valence electrons. The highest BCUT2D eigenvalue weighted by Gasteiger charge is 2.26. The van der Waals surface area contributed by atoms with E-state index in [1.807, 2.05) is 13.8 Å². The summed E-state index contributed by atoms with van der Waals surface area (Å²) in [5.74, 6) is -0.273. The van der Waals surface area contributed by atoms with Gasteiger partial charge in [-0.2, -0.15) is 0 Å². The number of nitrogens with one attached hydrogen (secondary N) is 1. The summed E-state index contributed by atoms with van der Waals surface area (Å²) in [7, 11) is 1.74. The van der Waals surface area contributed by atoms with Gasteiger partial charge in [0.15, 0.2) is 0 Å². The molecule has 1 saturated heterocycles. The lowest BCUT2D eigenvalue weighted by Gasteiger charge is -2.28. The molecular formula is C16H23FN2O2.